The van der Waals surface area contributed by atoms with E-state index < -0.39 is 16.3 Å². The van der Waals surface area contributed by atoms with Crippen molar-refractivity contribution in [3.05, 3.63) is 24.3 Å². The van der Waals surface area contributed by atoms with Gasteiger partial charge in [0.15, 0.2) is 0 Å². The van der Waals surface area contributed by atoms with Gasteiger partial charge in [-0.05, 0) is 0 Å². The molecule has 1 aromatic carbocycles. The largest absolute Gasteiger partial charge is 0.499 e. The molecule has 0 aliphatic carbocycles. The summed E-state index contributed by atoms with van der Waals surface area (Å²) in [6.07, 6.45) is 0. The fourth-order valence-electron chi connectivity index (χ4n) is 3.29. The lowest BCUT2D eigenvalue weighted by atomic mass is 10.2. The van der Waals surface area contributed by atoms with Crippen molar-refractivity contribution in [2.45, 2.75) is 104 Å². The molecule has 0 heterocycles. The molecular formula is C22H39O2P2-. The highest BCUT2D eigenvalue weighted by Gasteiger charge is 2.38. The lowest BCUT2D eigenvalue weighted by molar-refractivity contribution is 0.514. The minimum Gasteiger partial charge on any atom is -0.499 e. The van der Waals surface area contributed by atoms with Gasteiger partial charge in [-0.3, -0.25) is 0 Å². The Morgan fingerprint density at radius 2 is 0.846 bits per heavy atom. The summed E-state index contributed by atoms with van der Waals surface area (Å²) < 4.78 is 12.9. The first-order valence-electron chi connectivity index (χ1n) is 9.41. The zero-order valence-electron chi connectivity index (χ0n) is 18.9. The fourth-order valence-corrected chi connectivity index (χ4v) is 9.02. The predicted octanol–water partition coefficient (Wildman–Crippen LogP) is 8.23. The average Bonchev–Trinajstić information content (AvgIpc) is 2.37. The van der Waals surface area contributed by atoms with E-state index in [1.54, 1.807) is 0 Å². The molecule has 1 aromatic rings. The lowest BCUT2D eigenvalue weighted by Gasteiger charge is -2.42. The van der Waals surface area contributed by atoms with Gasteiger partial charge < -0.3 is 9.05 Å². The third kappa shape index (κ3) is 7.01. The molecular weight excluding hydrogens is 358 g/mol. The molecule has 0 N–H and O–H groups in total. The van der Waals surface area contributed by atoms with Crippen LogP contribution in [0, 0.1) is 6.07 Å². The molecule has 0 bridgehead atoms. The van der Waals surface area contributed by atoms with Crippen LogP contribution in [0.2, 0.25) is 0 Å². The van der Waals surface area contributed by atoms with Crippen molar-refractivity contribution < 1.29 is 9.05 Å². The molecule has 0 atom stereocenters. The zero-order valence-corrected chi connectivity index (χ0v) is 20.7. The molecule has 0 aromatic heterocycles. The van der Waals surface area contributed by atoms with Crippen LogP contribution in [0.25, 0.3) is 0 Å². The highest BCUT2D eigenvalue weighted by atomic mass is 31.1. The van der Waals surface area contributed by atoms with Gasteiger partial charge in [-0.25, -0.2) is 0 Å². The number of hydrogen-bond donors (Lipinski definition) is 0. The van der Waals surface area contributed by atoms with Gasteiger partial charge >= 0.3 is 0 Å². The molecule has 0 fully saturated rings. The van der Waals surface area contributed by atoms with Crippen LogP contribution >= 0.6 is 16.3 Å². The first kappa shape index (κ1) is 23.7. The first-order valence-corrected chi connectivity index (χ1v) is 11.9. The summed E-state index contributed by atoms with van der Waals surface area (Å²) in [6.45, 7) is 27.0. The quantitative estimate of drug-likeness (QED) is 0.376. The molecule has 0 aliphatic heterocycles. The zero-order chi connectivity index (χ0) is 20.6. The lowest BCUT2D eigenvalue weighted by Crippen LogP contribution is -2.28. The predicted molar refractivity (Wildman–Crippen MR) is 119 cm³/mol. The van der Waals surface area contributed by atoms with E-state index in [0.29, 0.717) is 0 Å². The second-order valence-electron chi connectivity index (χ2n) is 10.8. The van der Waals surface area contributed by atoms with E-state index in [0.717, 1.165) is 11.5 Å². The monoisotopic (exact) mass is 397 g/mol. The smallest absolute Gasteiger partial charge is 0.0946 e. The van der Waals surface area contributed by atoms with Crippen molar-refractivity contribution in [3.8, 4) is 11.5 Å². The van der Waals surface area contributed by atoms with Gasteiger partial charge in [0.1, 0.15) is 0 Å². The van der Waals surface area contributed by atoms with E-state index in [-0.39, 0.29) is 20.6 Å². The number of benzene rings is 1. The molecule has 26 heavy (non-hydrogen) atoms. The summed E-state index contributed by atoms with van der Waals surface area (Å²) in [4.78, 5) is 0. The summed E-state index contributed by atoms with van der Waals surface area (Å²) in [7, 11) is -1.36. The topological polar surface area (TPSA) is 18.5 Å². The molecule has 0 spiro atoms. The third-order valence-corrected chi connectivity index (χ3v) is 9.19. The molecule has 0 saturated carbocycles. The Bertz CT molecular complexity index is 507. The Kier molecular flexibility index (Phi) is 7.27. The van der Waals surface area contributed by atoms with Crippen molar-refractivity contribution in [3.63, 3.8) is 0 Å². The van der Waals surface area contributed by atoms with E-state index in [1.807, 2.05) is 18.2 Å². The van der Waals surface area contributed by atoms with Crippen LogP contribution in [0.4, 0.5) is 0 Å². The van der Waals surface area contributed by atoms with E-state index in [4.69, 9.17) is 9.05 Å². The Balaban J connectivity index is 3.11. The third-order valence-electron chi connectivity index (χ3n) is 3.56. The molecule has 0 aliphatic rings. The maximum Gasteiger partial charge on any atom is 0.0946 e. The molecule has 150 valence electrons. The first-order chi connectivity index (χ1) is 11.4. The molecule has 4 heteroatoms. The van der Waals surface area contributed by atoms with Gasteiger partial charge in [0.2, 0.25) is 0 Å². The summed E-state index contributed by atoms with van der Waals surface area (Å²) in [5.74, 6) is 1.58. The van der Waals surface area contributed by atoms with Crippen LogP contribution in [-0.2, 0) is 0 Å². The summed E-state index contributed by atoms with van der Waals surface area (Å²) in [5, 5.41) is 0.396. The SMILES string of the molecule is CC(C)(C)P(Oc1[c-]c(OP(C(C)(C)C)C(C)(C)C)ccc1)C(C)(C)C. The van der Waals surface area contributed by atoms with Crippen LogP contribution < -0.4 is 9.05 Å². The molecule has 0 saturated heterocycles. The second-order valence-corrected chi connectivity index (χ2v) is 17.7. The van der Waals surface area contributed by atoms with Gasteiger partial charge in [-0.15, -0.1) is 12.1 Å². The van der Waals surface area contributed by atoms with E-state index >= 15 is 0 Å². The van der Waals surface area contributed by atoms with Gasteiger partial charge in [-0.2, -0.15) is 6.07 Å². The van der Waals surface area contributed by atoms with Crippen LogP contribution in [0.5, 0.6) is 11.5 Å². The fraction of sp³-hybridized carbons (Fsp3) is 0.727. The van der Waals surface area contributed by atoms with E-state index in [2.05, 4.69) is 89.2 Å². The molecule has 2 nitrogen and oxygen atoms in total. The van der Waals surface area contributed by atoms with Gasteiger partial charge in [0.25, 0.3) is 0 Å². The molecule has 0 amide bonds. The van der Waals surface area contributed by atoms with Crippen molar-refractivity contribution in [1.82, 2.24) is 0 Å². The number of rotatable bonds is 4. The maximum atomic E-state index is 6.47. The normalized spacial score (nSPS) is 14.1. The molecule has 1 rings (SSSR count). The standard InChI is InChI=1S/C22H39O2P2/c1-19(2,3)25(20(4,5)6)23-17-14-13-15-18(16-17)24-26(21(7,8)9)22(10,11)12/h13-15H,1-12H3/q-1. The average molecular weight is 398 g/mol. The molecule has 0 unspecified atom stereocenters. The Labute approximate surface area is 165 Å². The summed E-state index contributed by atoms with van der Waals surface area (Å²) in [6, 6.07) is 9.39. The van der Waals surface area contributed by atoms with Crippen LogP contribution in [0.3, 0.4) is 0 Å². The van der Waals surface area contributed by atoms with Crippen molar-refractivity contribution in [1.29, 1.82) is 0 Å². The van der Waals surface area contributed by atoms with Crippen LogP contribution in [-0.4, -0.2) is 20.6 Å². The van der Waals surface area contributed by atoms with Gasteiger partial charge in [0, 0.05) is 32.1 Å². The number of hydrogen-bond acceptors (Lipinski definition) is 2. The summed E-state index contributed by atoms with van der Waals surface area (Å²) in [5.41, 5.74) is 0. The van der Waals surface area contributed by atoms with Crippen molar-refractivity contribution >= 4 is 16.3 Å². The van der Waals surface area contributed by atoms with Gasteiger partial charge in [0.05, 0.1) is 16.3 Å². The Hall–Kier alpha value is -0.320. The Morgan fingerprint density at radius 3 is 1.08 bits per heavy atom. The van der Waals surface area contributed by atoms with Crippen molar-refractivity contribution in [2.24, 2.45) is 0 Å². The minimum absolute atomic E-state index is 0.0989. The van der Waals surface area contributed by atoms with Crippen LogP contribution in [0.1, 0.15) is 83.1 Å². The van der Waals surface area contributed by atoms with Crippen molar-refractivity contribution in [2.75, 3.05) is 0 Å². The molecule has 0 radical (unpaired) electrons. The maximum absolute atomic E-state index is 6.47. The minimum atomic E-state index is -0.678. The Morgan fingerprint density at radius 1 is 0.577 bits per heavy atom. The summed E-state index contributed by atoms with van der Waals surface area (Å²) >= 11 is 0. The van der Waals surface area contributed by atoms with Crippen LogP contribution in [0.15, 0.2) is 18.2 Å². The second kappa shape index (κ2) is 7.97. The van der Waals surface area contributed by atoms with E-state index in [9.17, 15) is 0 Å². The van der Waals surface area contributed by atoms with Gasteiger partial charge in [-0.1, -0.05) is 89.2 Å². The highest BCUT2D eigenvalue weighted by Crippen LogP contribution is 2.61. The highest BCUT2D eigenvalue weighted by molar-refractivity contribution is 7.56. The van der Waals surface area contributed by atoms with E-state index in [1.165, 1.54) is 0 Å².